The molecule has 1 fully saturated rings. The van der Waals surface area contributed by atoms with Crippen molar-refractivity contribution in [1.82, 2.24) is 5.32 Å². The molecule has 1 aliphatic rings. The van der Waals surface area contributed by atoms with Crippen molar-refractivity contribution in [2.24, 2.45) is 0 Å². The van der Waals surface area contributed by atoms with E-state index in [0.29, 0.717) is 13.1 Å². The van der Waals surface area contributed by atoms with Gasteiger partial charge in [-0.3, -0.25) is 4.90 Å². The van der Waals surface area contributed by atoms with Crippen molar-refractivity contribution in [1.29, 1.82) is 0 Å². The van der Waals surface area contributed by atoms with Gasteiger partial charge in [-0.1, -0.05) is 6.07 Å². The van der Waals surface area contributed by atoms with E-state index in [1.54, 1.807) is 12.0 Å². The molecule has 0 unspecified atom stereocenters. The van der Waals surface area contributed by atoms with E-state index in [4.69, 9.17) is 4.74 Å². The molecule has 1 aromatic rings. The highest BCUT2D eigenvalue weighted by molar-refractivity contribution is 5.94. The number of hydrogen-bond donors (Lipinski definition) is 1. The molecule has 0 spiro atoms. The van der Waals surface area contributed by atoms with Crippen LogP contribution in [0.5, 0.6) is 5.75 Å². The minimum Gasteiger partial charge on any atom is -0.497 e. The van der Waals surface area contributed by atoms with Crippen LogP contribution < -0.4 is 15.0 Å². The molecule has 1 N–H and O–H groups in total. The lowest BCUT2D eigenvalue weighted by Crippen LogP contribution is -2.27. The minimum absolute atomic E-state index is 0.0433. The maximum atomic E-state index is 11.3. The third-order valence-corrected chi connectivity index (χ3v) is 2.22. The number of methoxy groups -OCH3 is 1. The third-order valence-electron chi connectivity index (χ3n) is 2.22. The topological polar surface area (TPSA) is 41.6 Å². The van der Waals surface area contributed by atoms with Gasteiger partial charge in [0.25, 0.3) is 0 Å². The predicted molar refractivity (Wildman–Crippen MR) is 53.7 cm³/mol. The molecule has 4 nitrogen and oxygen atoms in total. The van der Waals surface area contributed by atoms with E-state index < -0.39 is 0 Å². The smallest absolute Gasteiger partial charge is 0.321 e. The highest BCUT2D eigenvalue weighted by Gasteiger charge is 2.20. The lowest BCUT2D eigenvalue weighted by Gasteiger charge is -2.14. The second kappa shape index (κ2) is 3.57. The van der Waals surface area contributed by atoms with E-state index in [1.165, 1.54) is 0 Å². The molecule has 74 valence electrons. The molecule has 1 heterocycles. The van der Waals surface area contributed by atoms with Gasteiger partial charge in [0.2, 0.25) is 0 Å². The summed E-state index contributed by atoms with van der Waals surface area (Å²) in [7, 11) is 1.61. The van der Waals surface area contributed by atoms with Gasteiger partial charge in [0.1, 0.15) is 5.75 Å². The molecule has 2 rings (SSSR count). The quantitative estimate of drug-likeness (QED) is 0.765. The molecule has 14 heavy (non-hydrogen) atoms. The average molecular weight is 192 g/mol. The number of nitrogens with one attached hydrogen (secondary N) is 1. The predicted octanol–water partition coefficient (Wildman–Crippen LogP) is 1.22. The number of urea groups is 1. The van der Waals surface area contributed by atoms with Crippen LogP contribution in [0.15, 0.2) is 24.3 Å². The zero-order valence-corrected chi connectivity index (χ0v) is 7.99. The summed E-state index contributed by atoms with van der Waals surface area (Å²) in [6, 6.07) is 7.44. The van der Waals surface area contributed by atoms with Crippen molar-refractivity contribution in [3.05, 3.63) is 24.3 Å². The number of nitrogens with zero attached hydrogens (tertiary/aromatic N) is 1. The van der Waals surface area contributed by atoms with E-state index in [-0.39, 0.29) is 6.03 Å². The Kier molecular flexibility index (Phi) is 2.26. The zero-order valence-electron chi connectivity index (χ0n) is 7.99. The standard InChI is InChI=1S/C10H12N2O2/c1-14-9-4-2-3-8(7-9)12-6-5-11-10(12)13/h2-4,7H,5-6H2,1H3,(H,11,13). The van der Waals surface area contributed by atoms with Crippen LogP contribution in [0.25, 0.3) is 0 Å². The Morgan fingerprint density at radius 1 is 1.50 bits per heavy atom. The molecular formula is C10H12N2O2. The van der Waals surface area contributed by atoms with Gasteiger partial charge in [-0.25, -0.2) is 4.79 Å². The summed E-state index contributed by atoms with van der Waals surface area (Å²) in [6.07, 6.45) is 0. The third kappa shape index (κ3) is 1.51. The first kappa shape index (κ1) is 8.87. The molecule has 2 amide bonds. The van der Waals surface area contributed by atoms with Crippen molar-refractivity contribution in [2.75, 3.05) is 25.1 Å². The monoisotopic (exact) mass is 192 g/mol. The molecule has 0 bridgehead atoms. The Morgan fingerprint density at radius 3 is 3.00 bits per heavy atom. The van der Waals surface area contributed by atoms with Gasteiger partial charge in [-0.15, -0.1) is 0 Å². The van der Waals surface area contributed by atoms with Crippen LogP contribution in [0, 0.1) is 0 Å². The molecule has 1 aliphatic heterocycles. The van der Waals surface area contributed by atoms with Crippen LogP contribution in [0.3, 0.4) is 0 Å². The van der Waals surface area contributed by atoms with Gasteiger partial charge in [-0.05, 0) is 12.1 Å². The normalized spacial score (nSPS) is 15.5. The van der Waals surface area contributed by atoms with Crippen LogP contribution in [-0.2, 0) is 0 Å². The second-order valence-corrected chi connectivity index (χ2v) is 3.09. The largest absolute Gasteiger partial charge is 0.497 e. The van der Waals surface area contributed by atoms with Gasteiger partial charge < -0.3 is 10.1 Å². The number of carbonyl (C=O) groups excluding carboxylic acids is 1. The summed E-state index contributed by atoms with van der Waals surface area (Å²) < 4.78 is 5.09. The molecule has 4 heteroatoms. The minimum atomic E-state index is -0.0433. The summed E-state index contributed by atoms with van der Waals surface area (Å²) in [5.74, 6) is 0.766. The first-order valence-electron chi connectivity index (χ1n) is 4.50. The molecular weight excluding hydrogens is 180 g/mol. The average Bonchev–Trinajstić information content (AvgIpc) is 2.65. The molecule has 0 atom stereocenters. The lowest BCUT2D eigenvalue weighted by molar-refractivity contribution is 0.252. The SMILES string of the molecule is COc1cccc(N2CCNC2=O)c1. The van der Waals surface area contributed by atoms with Gasteiger partial charge in [0.15, 0.2) is 0 Å². The molecule has 0 radical (unpaired) electrons. The summed E-state index contributed by atoms with van der Waals surface area (Å²) in [5.41, 5.74) is 0.874. The van der Waals surface area contributed by atoms with E-state index >= 15 is 0 Å². The number of rotatable bonds is 2. The summed E-state index contributed by atoms with van der Waals surface area (Å²) in [4.78, 5) is 13.0. The van der Waals surface area contributed by atoms with E-state index in [2.05, 4.69) is 5.32 Å². The van der Waals surface area contributed by atoms with Crippen LogP contribution in [0.1, 0.15) is 0 Å². The van der Waals surface area contributed by atoms with E-state index in [9.17, 15) is 4.79 Å². The van der Waals surface area contributed by atoms with Crippen molar-refractivity contribution in [3.63, 3.8) is 0 Å². The van der Waals surface area contributed by atoms with Crippen LogP contribution in [0.4, 0.5) is 10.5 Å². The molecule has 0 aromatic heterocycles. The number of ether oxygens (including phenoxy) is 1. The Labute approximate surface area is 82.5 Å². The fraction of sp³-hybridized carbons (Fsp3) is 0.300. The first-order chi connectivity index (χ1) is 6.81. The maximum Gasteiger partial charge on any atom is 0.321 e. The Morgan fingerprint density at radius 2 is 2.36 bits per heavy atom. The molecule has 0 aliphatic carbocycles. The Balaban J connectivity index is 2.26. The number of benzene rings is 1. The summed E-state index contributed by atoms with van der Waals surface area (Å²) in [6.45, 7) is 1.42. The lowest BCUT2D eigenvalue weighted by atomic mass is 10.3. The second-order valence-electron chi connectivity index (χ2n) is 3.09. The molecule has 1 aromatic carbocycles. The van der Waals surface area contributed by atoms with E-state index in [1.807, 2.05) is 24.3 Å². The molecule has 1 saturated heterocycles. The number of amides is 2. The maximum absolute atomic E-state index is 11.3. The van der Waals surface area contributed by atoms with E-state index in [0.717, 1.165) is 11.4 Å². The van der Waals surface area contributed by atoms with Crippen molar-refractivity contribution in [3.8, 4) is 5.75 Å². The Hall–Kier alpha value is -1.71. The van der Waals surface area contributed by atoms with Gasteiger partial charge in [0, 0.05) is 24.8 Å². The fourth-order valence-electron chi connectivity index (χ4n) is 1.50. The van der Waals surface area contributed by atoms with Crippen LogP contribution >= 0.6 is 0 Å². The number of anilines is 1. The summed E-state index contributed by atoms with van der Waals surface area (Å²) in [5, 5.41) is 2.75. The Bertz CT molecular complexity index is 352. The van der Waals surface area contributed by atoms with Crippen LogP contribution in [-0.4, -0.2) is 26.2 Å². The number of carbonyl (C=O) groups is 1. The van der Waals surface area contributed by atoms with Gasteiger partial charge >= 0.3 is 6.03 Å². The first-order valence-corrected chi connectivity index (χ1v) is 4.50. The van der Waals surface area contributed by atoms with Crippen LogP contribution in [0.2, 0.25) is 0 Å². The van der Waals surface area contributed by atoms with Crippen molar-refractivity contribution >= 4 is 11.7 Å². The van der Waals surface area contributed by atoms with Gasteiger partial charge in [0.05, 0.1) is 7.11 Å². The number of hydrogen-bond acceptors (Lipinski definition) is 2. The van der Waals surface area contributed by atoms with Gasteiger partial charge in [-0.2, -0.15) is 0 Å². The zero-order chi connectivity index (χ0) is 9.97. The highest BCUT2D eigenvalue weighted by atomic mass is 16.5. The van der Waals surface area contributed by atoms with Crippen molar-refractivity contribution in [2.45, 2.75) is 0 Å². The fourth-order valence-corrected chi connectivity index (χ4v) is 1.50. The van der Waals surface area contributed by atoms with Crippen molar-refractivity contribution < 1.29 is 9.53 Å². The highest BCUT2D eigenvalue weighted by Crippen LogP contribution is 2.21. The summed E-state index contributed by atoms with van der Waals surface area (Å²) >= 11 is 0. The molecule has 0 saturated carbocycles.